The maximum Gasteiger partial charge on any atom is 0.310 e. The van der Waals surface area contributed by atoms with Crippen molar-refractivity contribution in [2.75, 3.05) is 0 Å². The summed E-state index contributed by atoms with van der Waals surface area (Å²) in [7, 11) is -9.61. The van der Waals surface area contributed by atoms with Gasteiger partial charge in [0, 0.05) is 5.22 Å². The first-order chi connectivity index (χ1) is 6.95. The monoisotopic (exact) mass is 277 g/mol. The van der Waals surface area contributed by atoms with Crippen molar-refractivity contribution in [3.05, 3.63) is 28.8 Å². The molecule has 0 bridgehead atoms. The summed E-state index contributed by atoms with van der Waals surface area (Å²) in [4.78, 5) is 1.81. The summed E-state index contributed by atoms with van der Waals surface area (Å²) >= 11 is 5.53. The summed E-state index contributed by atoms with van der Waals surface area (Å²) in [5, 5.41) is 0.163. The van der Waals surface area contributed by atoms with Gasteiger partial charge in [0.05, 0.1) is 5.36 Å². The highest BCUT2D eigenvalue weighted by molar-refractivity contribution is 8.45. The third-order valence-corrected chi connectivity index (χ3v) is 3.39. The lowest BCUT2D eigenvalue weighted by atomic mass is 10.3. The van der Waals surface area contributed by atoms with E-state index in [2.05, 4.69) is 4.99 Å². The molecule has 8 heteroatoms. The van der Waals surface area contributed by atoms with E-state index in [4.69, 9.17) is 11.6 Å². The van der Waals surface area contributed by atoms with Crippen molar-refractivity contribution in [3.8, 4) is 0 Å². The second-order valence-electron chi connectivity index (χ2n) is 3.36. The number of alkyl halides is 1. The molecule has 1 heterocycles. The van der Waals surface area contributed by atoms with Gasteiger partial charge in [0.15, 0.2) is 0 Å². The van der Waals surface area contributed by atoms with Crippen LogP contribution >= 0.6 is 21.8 Å². The molecule has 1 atom stereocenters. The smallest absolute Gasteiger partial charge is 0.261 e. The second-order valence-corrected chi connectivity index (χ2v) is 6.21. The number of rotatable bonds is 1. The van der Waals surface area contributed by atoms with Gasteiger partial charge in [0.1, 0.15) is 10.4 Å². The minimum Gasteiger partial charge on any atom is -0.261 e. The van der Waals surface area contributed by atoms with Gasteiger partial charge < -0.3 is 0 Å². The molecular weight excluding hydrogens is 273 g/mol. The van der Waals surface area contributed by atoms with Gasteiger partial charge in [-0.15, -0.1) is 0 Å². The Morgan fingerprint density at radius 2 is 1.75 bits per heavy atom. The van der Waals surface area contributed by atoms with Crippen molar-refractivity contribution in [1.82, 2.24) is 0 Å². The van der Waals surface area contributed by atoms with Gasteiger partial charge in [-0.3, -0.25) is 4.99 Å². The summed E-state index contributed by atoms with van der Waals surface area (Å²) in [6, 6.07) is 1.59. The third-order valence-electron chi connectivity index (χ3n) is 2.02. The Morgan fingerprint density at radius 1 is 1.12 bits per heavy atom. The van der Waals surface area contributed by atoms with Crippen molar-refractivity contribution in [3.63, 3.8) is 0 Å². The molecule has 90 valence electrons. The highest BCUT2D eigenvalue weighted by Crippen LogP contribution is 3.01. The van der Waals surface area contributed by atoms with E-state index in [0.29, 0.717) is 12.1 Å². The Bertz CT molecular complexity index is 579. The minimum absolute atomic E-state index is 0.0225. The van der Waals surface area contributed by atoms with E-state index in [1.165, 1.54) is 6.08 Å². The molecule has 0 saturated carbocycles. The maximum absolute atomic E-state index is 12.4. The Hall–Kier alpha value is -0.820. The molecule has 0 N–H and O–H groups in total. The molecule has 2 rings (SSSR count). The molecular formula is C8H5ClF5NS. The molecule has 0 spiro atoms. The highest BCUT2D eigenvalue weighted by Gasteiger charge is 2.65. The first-order valence-electron chi connectivity index (χ1n) is 4.04. The van der Waals surface area contributed by atoms with E-state index in [1.54, 1.807) is 0 Å². The molecule has 0 aromatic heterocycles. The van der Waals surface area contributed by atoms with E-state index in [0.717, 1.165) is 6.07 Å². The average Bonchev–Trinajstić information content (AvgIpc) is 2.38. The van der Waals surface area contributed by atoms with E-state index in [1.807, 2.05) is 0 Å². The number of hydrogen-bond acceptors (Lipinski definition) is 1. The van der Waals surface area contributed by atoms with E-state index >= 15 is 0 Å². The zero-order valence-electron chi connectivity index (χ0n) is 7.51. The van der Waals surface area contributed by atoms with E-state index in [9.17, 15) is 19.4 Å². The highest BCUT2D eigenvalue weighted by atomic mass is 35.5. The number of nitrogens with zero attached hydrogens (tertiary/aromatic N) is 1. The van der Waals surface area contributed by atoms with Crippen LogP contribution in [0.3, 0.4) is 0 Å². The standard InChI is InChI=1S/C8H5ClF5NS/c9-8-4-5-3-6(1-2-7(5)15-8)16(10,11,12,13)14/h1-4,8H/t8-/m0/s1. The number of benzene rings is 1. The van der Waals surface area contributed by atoms with Gasteiger partial charge in [-0.05, 0) is 24.3 Å². The summed E-state index contributed by atoms with van der Waals surface area (Å²) in [5.74, 6) is 0. The van der Waals surface area contributed by atoms with Crippen molar-refractivity contribution in [1.29, 1.82) is 0 Å². The molecule has 1 aliphatic heterocycles. The van der Waals surface area contributed by atoms with Crippen molar-refractivity contribution < 1.29 is 19.4 Å². The van der Waals surface area contributed by atoms with Crippen LogP contribution in [0.2, 0.25) is 0 Å². The molecule has 0 unspecified atom stereocenters. The molecule has 0 fully saturated rings. The summed E-state index contributed by atoms with van der Waals surface area (Å²) in [6.07, 6.45) is 1.18. The number of hydrogen-bond donors (Lipinski definition) is 0. The van der Waals surface area contributed by atoms with Crippen LogP contribution in [0.15, 0.2) is 28.1 Å². The Morgan fingerprint density at radius 3 is 2.31 bits per heavy atom. The van der Waals surface area contributed by atoms with Crippen LogP contribution in [0.5, 0.6) is 0 Å². The number of halogens is 6. The lowest BCUT2D eigenvalue weighted by Gasteiger charge is -2.40. The molecule has 1 aromatic carbocycles. The predicted octanol–water partition coefficient (Wildman–Crippen LogP) is 3.32. The van der Waals surface area contributed by atoms with Crippen molar-refractivity contribution >= 4 is 27.9 Å². The zero-order valence-corrected chi connectivity index (χ0v) is 9.08. The largest absolute Gasteiger partial charge is 0.310 e. The van der Waals surface area contributed by atoms with Crippen molar-refractivity contribution in [2.45, 2.75) is 10.4 Å². The van der Waals surface area contributed by atoms with Gasteiger partial charge in [-0.25, -0.2) is 0 Å². The van der Waals surface area contributed by atoms with Crippen LogP contribution in [0, 0.1) is 0 Å². The van der Waals surface area contributed by atoms with E-state index in [-0.39, 0.29) is 10.6 Å². The Labute approximate surface area is 92.0 Å². The fraction of sp³-hybridized carbons (Fsp3) is 0.125. The molecule has 16 heavy (non-hydrogen) atoms. The average molecular weight is 278 g/mol. The maximum atomic E-state index is 12.4. The first kappa shape index (κ1) is 11.7. The topological polar surface area (TPSA) is 12.4 Å². The normalized spacial score (nSPS) is 23.8. The van der Waals surface area contributed by atoms with Crippen LogP contribution in [0.25, 0.3) is 6.08 Å². The van der Waals surface area contributed by atoms with Crippen LogP contribution in [0.4, 0.5) is 19.4 Å². The minimum atomic E-state index is -9.61. The predicted molar refractivity (Wildman–Crippen MR) is 52.7 cm³/mol. The molecule has 0 aliphatic carbocycles. The summed E-state index contributed by atoms with van der Waals surface area (Å²) in [6.45, 7) is 0. The molecule has 1 aromatic rings. The third kappa shape index (κ3) is 2.15. The Kier molecular flexibility index (Phi) is 1.85. The SMILES string of the molecule is FS(F)(F)(F)(F)c1ccc2c(c1)=C[C@@H](Cl)N=2. The zero-order chi connectivity index (χ0) is 12.3. The van der Waals surface area contributed by atoms with Gasteiger partial charge >= 0.3 is 10.2 Å². The molecule has 1 nitrogen and oxygen atoms in total. The second kappa shape index (κ2) is 2.53. The first-order valence-corrected chi connectivity index (χ1v) is 6.42. The van der Waals surface area contributed by atoms with Gasteiger partial charge in [-0.1, -0.05) is 31.0 Å². The fourth-order valence-electron chi connectivity index (χ4n) is 1.34. The van der Waals surface area contributed by atoms with Crippen LogP contribution < -0.4 is 10.6 Å². The molecule has 1 aliphatic rings. The van der Waals surface area contributed by atoms with Crippen LogP contribution in [-0.4, -0.2) is 5.50 Å². The van der Waals surface area contributed by atoms with E-state index < -0.39 is 20.6 Å². The lowest BCUT2D eigenvalue weighted by molar-refractivity contribution is 0.364. The molecule has 0 radical (unpaired) electrons. The van der Waals surface area contributed by atoms with Gasteiger partial charge in [-0.2, -0.15) is 0 Å². The van der Waals surface area contributed by atoms with Crippen LogP contribution in [0.1, 0.15) is 0 Å². The van der Waals surface area contributed by atoms with Crippen molar-refractivity contribution in [2.24, 2.45) is 4.99 Å². The summed E-state index contributed by atoms with van der Waals surface area (Å²) < 4.78 is 62.2. The number of fused-ring (bicyclic) bond motifs is 1. The summed E-state index contributed by atoms with van der Waals surface area (Å²) in [5.41, 5.74) is -0.802. The Balaban J connectivity index is 2.73. The lowest BCUT2D eigenvalue weighted by Crippen LogP contribution is -2.23. The van der Waals surface area contributed by atoms with Crippen LogP contribution in [-0.2, 0) is 0 Å². The quantitative estimate of drug-likeness (QED) is 0.424. The molecule has 0 saturated heterocycles. The van der Waals surface area contributed by atoms with Gasteiger partial charge in [0.25, 0.3) is 0 Å². The molecule has 0 amide bonds. The van der Waals surface area contributed by atoms with Gasteiger partial charge in [0.2, 0.25) is 0 Å². The fourth-order valence-corrected chi connectivity index (χ4v) is 2.26.